The SMILES string of the molecule is CC1CC(=O)c2cc([N+](=O)[O-])cnc2C1.[NaH]. The summed E-state index contributed by atoms with van der Waals surface area (Å²) in [6.07, 6.45) is 2.39. The van der Waals surface area contributed by atoms with Crippen LogP contribution in [0.25, 0.3) is 0 Å². The number of ketones is 1. The maximum atomic E-state index is 11.6. The van der Waals surface area contributed by atoms with E-state index in [2.05, 4.69) is 4.98 Å². The molecule has 0 radical (unpaired) electrons. The second-order valence-electron chi connectivity index (χ2n) is 3.88. The van der Waals surface area contributed by atoms with Crippen molar-refractivity contribution in [3.63, 3.8) is 0 Å². The molecule has 0 amide bonds. The van der Waals surface area contributed by atoms with E-state index < -0.39 is 4.92 Å². The number of pyridine rings is 1. The number of Topliss-reactive ketones (excluding diaryl/α,β-unsaturated/α-hetero) is 1. The molecular formula is C10H11N2NaO3. The van der Waals surface area contributed by atoms with Gasteiger partial charge in [-0.25, -0.2) is 0 Å². The summed E-state index contributed by atoms with van der Waals surface area (Å²) >= 11 is 0. The van der Waals surface area contributed by atoms with Crippen LogP contribution in [0.1, 0.15) is 29.4 Å². The second kappa shape index (κ2) is 5.03. The molecule has 0 aliphatic heterocycles. The Morgan fingerprint density at radius 1 is 1.50 bits per heavy atom. The van der Waals surface area contributed by atoms with Crippen LogP contribution in [-0.2, 0) is 6.42 Å². The van der Waals surface area contributed by atoms with Crippen LogP contribution in [0.4, 0.5) is 5.69 Å². The van der Waals surface area contributed by atoms with E-state index in [0.29, 0.717) is 17.7 Å². The maximum absolute atomic E-state index is 11.6. The van der Waals surface area contributed by atoms with Gasteiger partial charge in [-0.2, -0.15) is 0 Å². The van der Waals surface area contributed by atoms with Crippen LogP contribution in [0.3, 0.4) is 0 Å². The third kappa shape index (κ3) is 2.48. The third-order valence-electron chi connectivity index (χ3n) is 2.54. The van der Waals surface area contributed by atoms with Gasteiger partial charge in [0.1, 0.15) is 6.20 Å². The molecule has 1 aromatic rings. The quantitative estimate of drug-likeness (QED) is 0.411. The van der Waals surface area contributed by atoms with E-state index >= 15 is 0 Å². The molecule has 0 bridgehead atoms. The fourth-order valence-electron chi connectivity index (χ4n) is 1.81. The molecule has 1 aromatic heterocycles. The fourth-order valence-corrected chi connectivity index (χ4v) is 1.81. The van der Waals surface area contributed by atoms with Gasteiger partial charge in [0.05, 0.1) is 10.6 Å². The van der Waals surface area contributed by atoms with Gasteiger partial charge in [-0.05, 0) is 12.3 Å². The van der Waals surface area contributed by atoms with E-state index in [0.717, 1.165) is 6.42 Å². The Balaban J connectivity index is 0.00000128. The van der Waals surface area contributed by atoms with E-state index in [9.17, 15) is 14.9 Å². The van der Waals surface area contributed by atoms with Gasteiger partial charge in [0.25, 0.3) is 5.69 Å². The summed E-state index contributed by atoms with van der Waals surface area (Å²) < 4.78 is 0. The monoisotopic (exact) mass is 230 g/mol. The average Bonchev–Trinajstić information content (AvgIpc) is 2.16. The van der Waals surface area contributed by atoms with Crippen molar-refractivity contribution in [1.82, 2.24) is 4.98 Å². The molecular weight excluding hydrogens is 219 g/mol. The van der Waals surface area contributed by atoms with Gasteiger partial charge in [-0.3, -0.25) is 19.9 Å². The Bertz CT molecular complexity index is 448. The summed E-state index contributed by atoms with van der Waals surface area (Å²) in [5.41, 5.74) is 0.989. The number of aromatic nitrogens is 1. The molecule has 0 N–H and O–H groups in total. The van der Waals surface area contributed by atoms with Crippen LogP contribution >= 0.6 is 0 Å². The molecule has 0 saturated carbocycles. The number of nitro groups is 1. The summed E-state index contributed by atoms with van der Waals surface area (Å²) in [7, 11) is 0. The molecule has 0 saturated heterocycles. The summed E-state index contributed by atoms with van der Waals surface area (Å²) in [6.45, 7) is 1.98. The first-order chi connectivity index (χ1) is 7.08. The van der Waals surface area contributed by atoms with Crippen molar-refractivity contribution < 1.29 is 9.72 Å². The van der Waals surface area contributed by atoms with Crippen molar-refractivity contribution in [2.75, 3.05) is 0 Å². The summed E-state index contributed by atoms with van der Waals surface area (Å²) in [5, 5.41) is 10.5. The molecule has 6 heteroatoms. The number of nitrogens with zero attached hydrogens (tertiary/aromatic N) is 2. The molecule has 1 aliphatic rings. The molecule has 5 nitrogen and oxygen atoms in total. The minimum absolute atomic E-state index is 0. The van der Waals surface area contributed by atoms with Gasteiger partial charge < -0.3 is 0 Å². The van der Waals surface area contributed by atoms with Crippen molar-refractivity contribution in [2.45, 2.75) is 19.8 Å². The molecule has 1 atom stereocenters. The van der Waals surface area contributed by atoms with Crippen LogP contribution in [-0.4, -0.2) is 45.2 Å². The number of hydrogen-bond donors (Lipinski definition) is 0. The van der Waals surface area contributed by atoms with Gasteiger partial charge in [0, 0.05) is 18.1 Å². The van der Waals surface area contributed by atoms with Crippen molar-refractivity contribution in [3.8, 4) is 0 Å². The first kappa shape index (κ1) is 13.3. The van der Waals surface area contributed by atoms with E-state index in [1.807, 2.05) is 6.92 Å². The Morgan fingerprint density at radius 2 is 2.19 bits per heavy atom. The van der Waals surface area contributed by atoms with Gasteiger partial charge in [-0.15, -0.1) is 0 Å². The number of carbonyl (C=O) groups excluding carboxylic acids is 1. The fraction of sp³-hybridized carbons (Fsp3) is 0.400. The predicted molar refractivity (Wildman–Crippen MR) is 59.9 cm³/mol. The van der Waals surface area contributed by atoms with Gasteiger partial charge >= 0.3 is 29.6 Å². The number of rotatable bonds is 1. The minimum atomic E-state index is -0.529. The molecule has 1 aliphatic carbocycles. The molecule has 80 valence electrons. The Labute approximate surface area is 115 Å². The van der Waals surface area contributed by atoms with Crippen LogP contribution in [0.15, 0.2) is 12.3 Å². The normalized spacial score (nSPS) is 18.6. The summed E-state index contributed by atoms with van der Waals surface area (Å²) in [4.78, 5) is 25.6. The predicted octanol–water partition coefficient (Wildman–Crippen LogP) is 1.11. The van der Waals surface area contributed by atoms with Crippen molar-refractivity contribution in [2.24, 2.45) is 5.92 Å². The van der Waals surface area contributed by atoms with Gasteiger partial charge in [0.15, 0.2) is 5.78 Å². The molecule has 0 fully saturated rings. The Kier molecular flexibility index (Phi) is 4.18. The van der Waals surface area contributed by atoms with Crippen LogP contribution in [0, 0.1) is 16.0 Å². The Hall–Kier alpha value is -0.780. The van der Waals surface area contributed by atoms with Crippen molar-refractivity contribution in [1.29, 1.82) is 0 Å². The van der Waals surface area contributed by atoms with Crippen LogP contribution in [0.2, 0.25) is 0 Å². The van der Waals surface area contributed by atoms with Crippen LogP contribution < -0.4 is 0 Å². The van der Waals surface area contributed by atoms with E-state index in [-0.39, 0.29) is 46.9 Å². The first-order valence-electron chi connectivity index (χ1n) is 4.74. The molecule has 2 rings (SSSR count). The topological polar surface area (TPSA) is 73.1 Å². The number of hydrogen-bond acceptors (Lipinski definition) is 4. The van der Waals surface area contributed by atoms with E-state index in [1.54, 1.807) is 0 Å². The zero-order valence-corrected chi connectivity index (χ0v) is 8.27. The summed E-state index contributed by atoms with van der Waals surface area (Å²) in [5.74, 6) is 0.235. The van der Waals surface area contributed by atoms with E-state index in [1.165, 1.54) is 12.3 Å². The van der Waals surface area contributed by atoms with Gasteiger partial charge in [-0.1, -0.05) is 6.92 Å². The third-order valence-corrected chi connectivity index (χ3v) is 2.54. The average molecular weight is 230 g/mol. The molecule has 0 spiro atoms. The standard InChI is InChI=1S/C10H10N2O3.Na.H/c1-6-2-9-8(10(13)3-6)4-7(5-11-9)12(14)15;;/h4-6H,2-3H2,1H3;;. The summed E-state index contributed by atoms with van der Waals surface area (Å²) in [6, 6.07) is 1.33. The zero-order valence-electron chi connectivity index (χ0n) is 8.27. The number of fused-ring (bicyclic) bond motifs is 1. The van der Waals surface area contributed by atoms with E-state index in [4.69, 9.17) is 0 Å². The van der Waals surface area contributed by atoms with Crippen molar-refractivity contribution in [3.05, 3.63) is 33.6 Å². The molecule has 0 aromatic carbocycles. The van der Waals surface area contributed by atoms with Gasteiger partial charge in [0.2, 0.25) is 0 Å². The molecule has 1 heterocycles. The first-order valence-corrected chi connectivity index (χ1v) is 4.74. The molecule has 16 heavy (non-hydrogen) atoms. The Morgan fingerprint density at radius 3 is 2.81 bits per heavy atom. The second-order valence-corrected chi connectivity index (χ2v) is 3.88. The van der Waals surface area contributed by atoms with Crippen molar-refractivity contribution >= 4 is 41.0 Å². The van der Waals surface area contributed by atoms with Crippen LogP contribution in [0.5, 0.6) is 0 Å². The number of carbonyl (C=O) groups is 1. The molecule has 1 unspecified atom stereocenters. The zero-order chi connectivity index (χ0) is 11.0.